The van der Waals surface area contributed by atoms with Crippen LogP contribution in [0.4, 0.5) is 0 Å². The molecule has 76 valence electrons. The summed E-state index contributed by atoms with van der Waals surface area (Å²) in [5.74, 6) is 0.980. The van der Waals surface area contributed by atoms with Crippen molar-refractivity contribution < 1.29 is 0 Å². The summed E-state index contributed by atoms with van der Waals surface area (Å²) in [6.07, 6.45) is 4.29. The Bertz CT molecular complexity index is 209. The van der Waals surface area contributed by atoms with E-state index in [1.807, 2.05) is 0 Å². The zero-order chi connectivity index (χ0) is 9.69. The van der Waals surface area contributed by atoms with Crippen LogP contribution in [0.2, 0.25) is 0 Å². The van der Waals surface area contributed by atoms with Crippen LogP contribution < -0.4 is 0 Å². The van der Waals surface area contributed by atoms with E-state index in [9.17, 15) is 0 Å². The molecule has 0 N–H and O–H groups in total. The lowest BCUT2D eigenvalue weighted by Crippen LogP contribution is -2.44. The first-order valence-electron chi connectivity index (χ1n) is 5.70. The molecule has 1 aliphatic heterocycles. The molecular weight excluding hydrogens is 158 g/mol. The van der Waals surface area contributed by atoms with Crippen molar-refractivity contribution in [1.29, 1.82) is 0 Å². The highest BCUT2D eigenvalue weighted by Gasteiger charge is 2.49. The van der Waals surface area contributed by atoms with Gasteiger partial charge in [-0.05, 0) is 44.1 Å². The van der Waals surface area contributed by atoms with Gasteiger partial charge in [-0.25, -0.2) is 0 Å². The number of hydrogen-bond donors (Lipinski definition) is 0. The van der Waals surface area contributed by atoms with Gasteiger partial charge < -0.3 is 0 Å². The molecular formula is C12H23N. The lowest BCUT2D eigenvalue weighted by Gasteiger charge is -2.43. The molecule has 2 bridgehead atoms. The average molecular weight is 181 g/mol. The highest BCUT2D eigenvalue weighted by Crippen LogP contribution is 2.51. The normalized spacial score (nSPS) is 43.8. The van der Waals surface area contributed by atoms with Gasteiger partial charge in [0.05, 0.1) is 0 Å². The maximum Gasteiger partial charge on any atom is 0.0189 e. The first-order chi connectivity index (χ1) is 5.95. The number of rotatable bonds is 1. The second-order valence-electron chi connectivity index (χ2n) is 6.15. The summed E-state index contributed by atoms with van der Waals surface area (Å²) in [7, 11) is 0. The molecule has 2 aliphatic rings. The Morgan fingerprint density at radius 2 is 1.92 bits per heavy atom. The Morgan fingerprint density at radius 1 is 1.23 bits per heavy atom. The summed E-state index contributed by atoms with van der Waals surface area (Å²) in [4.78, 5) is 2.70. The minimum Gasteiger partial charge on any atom is -0.298 e. The predicted molar refractivity (Wildman–Crippen MR) is 56.8 cm³/mol. The standard InChI is InChI=1S/C12H23N/c1-5-13-8-10-6-11(2,3)9-12(13,4)7-10/h10H,5-9H2,1-4H3. The molecule has 0 aromatic heterocycles. The highest BCUT2D eigenvalue weighted by molar-refractivity contribution is 5.03. The quantitative estimate of drug-likeness (QED) is 0.601. The van der Waals surface area contributed by atoms with E-state index < -0.39 is 0 Å². The van der Waals surface area contributed by atoms with Gasteiger partial charge in [0.25, 0.3) is 0 Å². The fourth-order valence-electron chi connectivity index (χ4n) is 4.06. The van der Waals surface area contributed by atoms with Gasteiger partial charge in [-0.15, -0.1) is 0 Å². The number of nitrogens with zero attached hydrogens (tertiary/aromatic N) is 1. The van der Waals surface area contributed by atoms with Crippen molar-refractivity contribution in [3.05, 3.63) is 0 Å². The van der Waals surface area contributed by atoms with Crippen molar-refractivity contribution in [3.63, 3.8) is 0 Å². The molecule has 1 heteroatoms. The molecule has 0 amide bonds. The molecule has 0 spiro atoms. The fraction of sp³-hybridized carbons (Fsp3) is 1.00. The molecule has 1 saturated carbocycles. The molecule has 13 heavy (non-hydrogen) atoms. The van der Waals surface area contributed by atoms with E-state index in [2.05, 4.69) is 32.6 Å². The number of fused-ring (bicyclic) bond motifs is 2. The van der Waals surface area contributed by atoms with Crippen LogP contribution in [0.15, 0.2) is 0 Å². The SMILES string of the molecule is CCN1CC2CC(C)(C)CC1(C)C2. The van der Waals surface area contributed by atoms with E-state index in [-0.39, 0.29) is 0 Å². The van der Waals surface area contributed by atoms with E-state index in [4.69, 9.17) is 0 Å². The van der Waals surface area contributed by atoms with Crippen molar-refractivity contribution in [2.45, 2.75) is 52.5 Å². The van der Waals surface area contributed by atoms with E-state index in [0.717, 1.165) is 5.92 Å². The van der Waals surface area contributed by atoms with Crippen LogP contribution in [0, 0.1) is 11.3 Å². The zero-order valence-electron chi connectivity index (χ0n) is 9.56. The molecule has 2 unspecified atom stereocenters. The minimum atomic E-state index is 0.529. The summed E-state index contributed by atoms with van der Waals surface area (Å²) in [6.45, 7) is 12.3. The first kappa shape index (κ1) is 9.51. The topological polar surface area (TPSA) is 3.24 Å². The van der Waals surface area contributed by atoms with E-state index in [0.29, 0.717) is 11.0 Å². The average Bonchev–Trinajstić information content (AvgIpc) is 2.18. The molecule has 0 radical (unpaired) electrons. The monoisotopic (exact) mass is 181 g/mol. The molecule has 1 aliphatic carbocycles. The van der Waals surface area contributed by atoms with E-state index in [1.54, 1.807) is 0 Å². The van der Waals surface area contributed by atoms with Gasteiger partial charge in [0.1, 0.15) is 0 Å². The lowest BCUT2D eigenvalue weighted by atomic mass is 9.67. The van der Waals surface area contributed by atoms with Crippen LogP contribution in [-0.4, -0.2) is 23.5 Å². The number of likely N-dealkylation sites (tertiary alicyclic amines) is 1. The summed E-state index contributed by atoms with van der Waals surface area (Å²) < 4.78 is 0. The van der Waals surface area contributed by atoms with E-state index in [1.165, 1.54) is 32.4 Å². The van der Waals surface area contributed by atoms with Gasteiger partial charge in [0, 0.05) is 12.1 Å². The van der Waals surface area contributed by atoms with Crippen LogP contribution in [0.5, 0.6) is 0 Å². The lowest BCUT2D eigenvalue weighted by molar-refractivity contribution is 0.0867. The fourth-order valence-corrected chi connectivity index (χ4v) is 4.06. The van der Waals surface area contributed by atoms with Crippen molar-refractivity contribution in [3.8, 4) is 0 Å². The summed E-state index contributed by atoms with van der Waals surface area (Å²) in [5, 5.41) is 0. The Kier molecular flexibility index (Phi) is 1.99. The number of hydrogen-bond acceptors (Lipinski definition) is 1. The summed E-state index contributed by atoms with van der Waals surface area (Å²) >= 11 is 0. The van der Waals surface area contributed by atoms with Gasteiger partial charge >= 0.3 is 0 Å². The maximum atomic E-state index is 2.70. The Balaban J connectivity index is 2.21. The molecule has 1 heterocycles. The third-order valence-electron chi connectivity index (χ3n) is 4.05. The molecule has 1 saturated heterocycles. The third kappa shape index (κ3) is 1.52. The van der Waals surface area contributed by atoms with Crippen molar-refractivity contribution in [2.75, 3.05) is 13.1 Å². The first-order valence-corrected chi connectivity index (χ1v) is 5.70. The summed E-state index contributed by atoms with van der Waals surface area (Å²) in [6, 6.07) is 0. The van der Waals surface area contributed by atoms with Crippen LogP contribution in [0.25, 0.3) is 0 Å². The summed E-state index contributed by atoms with van der Waals surface area (Å²) in [5.41, 5.74) is 1.11. The third-order valence-corrected chi connectivity index (χ3v) is 4.05. The Hall–Kier alpha value is -0.0400. The van der Waals surface area contributed by atoms with Crippen LogP contribution in [-0.2, 0) is 0 Å². The second-order valence-corrected chi connectivity index (χ2v) is 6.15. The molecule has 2 rings (SSSR count). The van der Waals surface area contributed by atoms with Gasteiger partial charge in [-0.3, -0.25) is 4.90 Å². The van der Waals surface area contributed by atoms with Gasteiger partial charge in [0.2, 0.25) is 0 Å². The Morgan fingerprint density at radius 3 is 2.54 bits per heavy atom. The van der Waals surface area contributed by atoms with Crippen molar-refractivity contribution >= 4 is 0 Å². The highest BCUT2D eigenvalue weighted by atomic mass is 15.2. The van der Waals surface area contributed by atoms with Gasteiger partial charge in [-0.2, -0.15) is 0 Å². The van der Waals surface area contributed by atoms with Crippen LogP contribution in [0.3, 0.4) is 0 Å². The zero-order valence-corrected chi connectivity index (χ0v) is 9.56. The van der Waals surface area contributed by atoms with E-state index >= 15 is 0 Å². The van der Waals surface area contributed by atoms with Gasteiger partial charge in [-0.1, -0.05) is 20.8 Å². The molecule has 0 aromatic carbocycles. The smallest absolute Gasteiger partial charge is 0.0189 e. The van der Waals surface area contributed by atoms with Crippen LogP contribution in [0.1, 0.15) is 47.0 Å². The maximum absolute atomic E-state index is 2.70. The predicted octanol–water partition coefficient (Wildman–Crippen LogP) is 2.91. The minimum absolute atomic E-state index is 0.529. The van der Waals surface area contributed by atoms with Crippen LogP contribution >= 0.6 is 0 Å². The molecule has 0 aromatic rings. The molecule has 1 nitrogen and oxygen atoms in total. The van der Waals surface area contributed by atoms with Crippen molar-refractivity contribution in [1.82, 2.24) is 4.90 Å². The molecule has 2 atom stereocenters. The second kappa shape index (κ2) is 2.73. The largest absolute Gasteiger partial charge is 0.298 e. The van der Waals surface area contributed by atoms with Gasteiger partial charge in [0.15, 0.2) is 0 Å². The molecule has 2 fully saturated rings. The Labute approximate surface area is 82.5 Å². The van der Waals surface area contributed by atoms with Crippen molar-refractivity contribution in [2.24, 2.45) is 11.3 Å².